The zero-order chi connectivity index (χ0) is 20.7. The second-order valence-corrected chi connectivity index (χ2v) is 8.37. The van der Waals surface area contributed by atoms with Crippen LogP contribution in [0, 0.1) is 0 Å². The summed E-state index contributed by atoms with van der Waals surface area (Å²) in [5.74, 6) is 0. The van der Waals surface area contributed by atoms with Gasteiger partial charge in [-0.15, -0.1) is 0 Å². The first-order valence-corrected chi connectivity index (χ1v) is 10.8. The second kappa shape index (κ2) is 7.85. The average Bonchev–Trinajstić information content (AvgIpc) is 3.54. The highest BCUT2D eigenvalue weighted by molar-refractivity contribution is 6.31. The maximum atomic E-state index is 13.3. The van der Waals surface area contributed by atoms with Crippen molar-refractivity contribution in [1.29, 1.82) is 0 Å². The normalized spacial score (nSPS) is 14.1. The monoisotopic (exact) mass is 422 g/mol. The molecule has 6 nitrogen and oxygen atoms in total. The van der Waals surface area contributed by atoms with Gasteiger partial charge in [-0.1, -0.05) is 17.7 Å². The average molecular weight is 423 g/mol. The van der Waals surface area contributed by atoms with Crippen LogP contribution in [0.4, 0.5) is 0 Å². The van der Waals surface area contributed by atoms with E-state index < -0.39 is 0 Å². The smallest absolute Gasteiger partial charge is 0.329 e. The van der Waals surface area contributed by atoms with Crippen molar-refractivity contribution in [3.63, 3.8) is 0 Å². The van der Waals surface area contributed by atoms with Crippen molar-refractivity contribution in [3.05, 3.63) is 69.6 Å². The topological polar surface area (TPSA) is 72.9 Å². The van der Waals surface area contributed by atoms with Crippen LogP contribution in [0.2, 0.25) is 5.02 Å². The van der Waals surface area contributed by atoms with E-state index >= 15 is 0 Å². The predicted octanol–water partition coefficient (Wildman–Crippen LogP) is 4.10. The number of aryl methyl sites for hydroxylation is 1. The van der Waals surface area contributed by atoms with Gasteiger partial charge in [0, 0.05) is 35.5 Å². The van der Waals surface area contributed by atoms with Crippen molar-refractivity contribution in [2.75, 3.05) is 6.61 Å². The van der Waals surface area contributed by atoms with Crippen LogP contribution >= 0.6 is 11.6 Å². The summed E-state index contributed by atoms with van der Waals surface area (Å²) in [4.78, 5) is 22.3. The number of benzene rings is 1. The molecule has 7 heteroatoms. The van der Waals surface area contributed by atoms with Crippen LogP contribution in [0.25, 0.3) is 21.8 Å². The molecule has 0 radical (unpaired) electrons. The van der Waals surface area contributed by atoms with E-state index in [0.29, 0.717) is 17.6 Å². The number of nitrogens with zero attached hydrogens (tertiary/aromatic N) is 4. The summed E-state index contributed by atoms with van der Waals surface area (Å²) in [7, 11) is 0. The number of aliphatic hydroxyl groups is 1. The fourth-order valence-corrected chi connectivity index (χ4v) is 4.42. The number of hydrogen-bond donors (Lipinski definition) is 1. The van der Waals surface area contributed by atoms with Gasteiger partial charge in [-0.2, -0.15) is 0 Å². The van der Waals surface area contributed by atoms with Crippen LogP contribution < -0.4 is 5.69 Å². The molecule has 1 aromatic carbocycles. The number of aliphatic hydroxyl groups excluding tert-OH is 1. The number of unbranched alkanes of at least 4 members (excludes halogenated alkanes) is 1. The molecule has 30 heavy (non-hydrogen) atoms. The molecule has 0 atom stereocenters. The van der Waals surface area contributed by atoms with E-state index in [-0.39, 0.29) is 12.3 Å². The number of imidazole rings is 1. The largest absolute Gasteiger partial charge is 0.396 e. The maximum absolute atomic E-state index is 13.3. The number of hydrogen-bond acceptors (Lipinski definition) is 4. The molecule has 1 fully saturated rings. The first-order valence-electron chi connectivity index (χ1n) is 10.4. The summed E-state index contributed by atoms with van der Waals surface area (Å²) >= 11 is 6.18. The van der Waals surface area contributed by atoms with Crippen LogP contribution in [-0.4, -0.2) is 30.8 Å². The van der Waals surface area contributed by atoms with E-state index in [1.54, 1.807) is 17.0 Å². The maximum Gasteiger partial charge on any atom is 0.329 e. The summed E-state index contributed by atoms with van der Waals surface area (Å²) < 4.78 is 3.70. The van der Waals surface area contributed by atoms with Gasteiger partial charge in [-0.05, 0) is 61.3 Å². The first kappa shape index (κ1) is 19.3. The predicted molar refractivity (Wildman–Crippen MR) is 118 cm³/mol. The first-order chi connectivity index (χ1) is 14.7. The minimum atomic E-state index is -0.000175. The number of rotatable bonds is 7. The van der Waals surface area contributed by atoms with Gasteiger partial charge < -0.3 is 5.11 Å². The van der Waals surface area contributed by atoms with Crippen LogP contribution in [0.1, 0.15) is 43.0 Å². The minimum absolute atomic E-state index is 0.000175. The highest BCUT2D eigenvalue weighted by Crippen LogP contribution is 2.36. The van der Waals surface area contributed by atoms with Crippen LogP contribution in [0.15, 0.2) is 47.7 Å². The van der Waals surface area contributed by atoms with E-state index in [1.807, 2.05) is 35.0 Å². The molecule has 5 rings (SSSR count). The van der Waals surface area contributed by atoms with Crippen molar-refractivity contribution in [3.8, 4) is 0 Å². The zero-order valence-corrected chi connectivity index (χ0v) is 17.3. The zero-order valence-electron chi connectivity index (χ0n) is 16.6. The molecular weight excluding hydrogens is 400 g/mol. The Labute approximate surface area is 178 Å². The van der Waals surface area contributed by atoms with E-state index in [0.717, 1.165) is 65.2 Å². The van der Waals surface area contributed by atoms with Gasteiger partial charge in [-0.25, -0.2) is 4.79 Å². The van der Waals surface area contributed by atoms with Gasteiger partial charge in [-0.3, -0.25) is 19.1 Å². The Balaban J connectivity index is 1.64. The van der Waals surface area contributed by atoms with Crippen LogP contribution in [0.3, 0.4) is 0 Å². The molecule has 0 unspecified atom stereocenters. The molecule has 3 heterocycles. The van der Waals surface area contributed by atoms with Gasteiger partial charge >= 0.3 is 5.69 Å². The number of fused-ring (bicyclic) bond motifs is 2. The molecular formula is C23H23ClN4O2. The molecule has 0 amide bonds. The fourth-order valence-electron chi connectivity index (χ4n) is 4.24. The second-order valence-electron chi connectivity index (χ2n) is 7.93. The number of aromatic nitrogens is 4. The lowest BCUT2D eigenvalue weighted by Gasteiger charge is -2.13. The summed E-state index contributed by atoms with van der Waals surface area (Å²) in [5, 5.41) is 12.0. The van der Waals surface area contributed by atoms with Crippen LogP contribution in [0.5, 0.6) is 0 Å². The Morgan fingerprint density at radius 2 is 2.00 bits per heavy atom. The number of halogens is 1. The molecule has 0 bridgehead atoms. The van der Waals surface area contributed by atoms with E-state index in [2.05, 4.69) is 4.98 Å². The molecule has 0 spiro atoms. The molecule has 1 saturated carbocycles. The van der Waals surface area contributed by atoms with Gasteiger partial charge in [0.05, 0.1) is 29.5 Å². The fraction of sp³-hybridized carbons (Fsp3) is 0.348. The molecule has 0 aliphatic heterocycles. The summed E-state index contributed by atoms with van der Waals surface area (Å²) in [5.41, 5.74) is 3.77. The molecule has 0 saturated heterocycles. The van der Waals surface area contributed by atoms with E-state index in [1.165, 1.54) is 0 Å². The standard InChI is InChI=1S/C23H23ClN4O2/c24-16-4-7-18-15(11-16)12-26-20(19(18)3-1-2-10-29)14-27-22-13-25-9-8-21(22)28(23(27)30)17-5-6-17/h4,7-9,11-13,17,29H,1-3,5-6,10,14H2. The third kappa shape index (κ3) is 3.40. The molecule has 4 aromatic rings. The molecule has 1 aliphatic rings. The minimum Gasteiger partial charge on any atom is -0.396 e. The lowest BCUT2D eigenvalue weighted by molar-refractivity contribution is 0.284. The van der Waals surface area contributed by atoms with Gasteiger partial charge in [0.1, 0.15) is 0 Å². The Hall–Kier alpha value is -2.70. The summed E-state index contributed by atoms with van der Waals surface area (Å²) in [6, 6.07) is 8.04. The highest BCUT2D eigenvalue weighted by Gasteiger charge is 2.29. The highest BCUT2D eigenvalue weighted by atomic mass is 35.5. The summed E-state index contributed by atoms with van der Waals surface area (Å²) in [6.07, 6.45) is 9.80. The SMILES string of the molecule is O=c1n(Cc2ncc3cc(Cl)ccc3c2CCCCO)c2cnccc2n1C1CC1. The Morgan fingerprint density at radius 1 is 1.13 bits per heavy atom. The Morgan fingerprint density at radius 3 is 2.80 bits per heavy atom. The lowest BCUT2D eigenvalue weighted by atomic mass is 9.99. The summed E-state index contributed by atoms with van der Waals surface area (Å²) in [6.45, 7) is 0.563. The van der Waals surface area contributed by atoms with Gasteiger partial charge in [0.25, 0.3) is 0 Å². The lowest BCUT2D eigenvalue weighted by Crippen LogP contribution is -2.25. The Kier molecular flexibility index (Phi) is 5.05. The molecule has 154 valence electrons. The van der Waals surface area contributed by atoms with Crippen molar-refractivity contribution < 1.29 is 5.11 Å². The number of pyridine rings is 2. The van der Waals surface area contributed by atoms with Crippen molar-refractivity contribution in [1.82, 2.24) is 19.1 Å². The third-order valence-electron chi connectivity index (χ3n) is 5.87. The van der Waals surface area contributed by atoms with Crippen molar-refractivity contribution in [2.24, 2.45) is 0 Å². The Bertz CT molecular complexity index is 1290. The quantitative estimate of drug-likeness (QED) is 0.455. The van der Waals surface area contributed by atoms with Crippen LogP contribution in [-0.2, 0) is 13.0 Å². The van der Waals surface area contributed by atoms with Gasteiger partial charge in [0.15, 0.2) is 0 Å². The van der Waals surface area contributed by atoms with Crippen molar-refractivity contribution in [2.45, 2.75) is 44.7 Å². The molecule has 3 aromatic heterocycles. The molecule has 1 N–H and O–H groups in total. The van der Waals surface area contributed by atoms with E-state index in [4.69, 9.17) is 16.6 Å². The van der Waals surface area contributed by atoms with Gasteiger partial charge in [0.2, 0.25) is 0 Å². The van der Waals surface area contributed by atoms with E-state index in [9.17, 15) is 9.90 Å². The third-order valence-corrected chi connectivity index (χ3v) is 6.10. The van der Waals surface area contributed by atoms with Crippen molar-refractivity contribution >= 4 is 33.4 Å². The molecule has 1 aliphatic carbocycles.